The fourth-order valence-electron chi connectivity index (χ4n) is 4.12. The molecule has 0 radical (unpaired) electrons. The molecule has 3 aromatic heterocycles. The summed E-state index contributed by atoms with van der Waals surface area (Å²) in [6, 6.07) is 9.50. The fraction of sp³-hybridized carbons (Fsp3) is 0.360. The highest BCUT2D eigenvalue weighted by Gasteiger charge is 2.23. The van der Waals surface area contributed by atoms with Gasteiger partial charge in [0.05, 0.1) is 34.6 Å². The smallest absolute Gasteiger partial charge is 0.181 e. The minimum Gasteiger partial charge on any atom is -0.491 e. The van der Waals surface area contributed by atoms with Crippen molar-refractivity contribution in [2.75, 3.05) is 6.61 Å². The number of rotatable bonds is 6. The number of hydrogen-bond donors (Lipinski definition) is 1. The predicted octanol–water partition coefficient (Wildman–Crippen LogP) is 5.19. The van der Waals surface area contributed by atoms with Crippen molar-refractivity contribution in [3.05, 3.63) is 53.4 Å². The summed E-state index contributed by atoms with van der Waals surface area (Å²) in [7, 11) is 0. The minimum atomic E-state index is -0.221. The summed E-state index contributed by atoms with van der Waals surface area (Å²) < 4.78 is 13.9. The van der Waals surface area contributed by atoms with Gasteiger partial charge >= 0.3 is 0 Å². The predicted molar refractivity (Wildman–Crippen MR) is 130 cm³/mol. The number of aliphatic hydroxyl groups is 1. The SMILES string of the molecule is CC(C)Oc1ccc2c(c1)c(-c1nccc(-c3cnc(CO)c(Cl)c3)n1)nn2C1CCCCO1. The van der Waals surface area contributed by atoms with Crippen LogP contribution < -0.4 is 4.74 Å². The van der Waals surface area contributed by atoms with Crippen LogP contribution in [0.4, 0.5) is 0 Å². The maximum Gasteiger partial charge on any atom is 0.181 e. The van der Waals surface area contributed by atoms with Gasteiger partial charge in [-0.25, -0.2) is 14.6 Å². The molecule has 0 amide bonds. The van der Waals surface area contributed by atoms with Crippen molar-refractivity contribution in [1.29, 1.82) is 0 Å². The van der Waals surface area contributed by atoms with Crippen LogP contribution in [0, 0.1) is 0 Å². The number of hydrogen-bond acceptors (Lipinski definition) is 7. The molecule has 1 aliphatic rings. The van der Waals surface area contributed by atoms with Crippen molar-refractivity contribution in [3.63, 3.8) is 0 Å². The molecule has 1 aliphatic heterocycles. The highest BCUT2D eigenvalue weighted by Crippen LogP contribution is 2.34. The monoisotopic (exact) mass is 479 g/mol. The van der Waals surface area contributed by atoms with E-state index < -0.39 is 0 Å². The highest BCUT2D eigenvalue weighted by atomic mass is 35.5. The highest BCUT2D eigenvalue weighted by molar-refractivity contribution is 6.31. The second-order valence-corrected chi connectivity index (χ2v) is 8.94. The third-order valence-corrected chi connectivity index (χ3v) is 6.04. The van der Waals surface area contributed by atoms with Crippen molar-refractivity contribution in [1.82, 2.24) is 24.7 Å². The summed E-state index contributed by atoms with van der Waals surface area (Å²) in [5.74, 6) is 1.25. The summed E-state index contributed by atoms with van der Waals surface area (Å²) in [4.78, 5) is 13.5. The van der Waals surface area contributed by atoms with E-state index >= 15 is 0 Å². The molecule has 1 atom stereocenters. The van der Waals surface area contributed by atoms with Crippen LogP contribution in [0.15, 0.2) is 42.7 Å². The molecule has 0 bridgehead atoms. The van der Waals surface area contributed by atoms with Crippen LogP contribution in [0.2, 0.25) is 5.02 Å². The lowest BCUT2D eigenvalue weighted by Gasteiger charge is -2.23. The van der Waals surface area contributed by atoms with Crippen LogP contribution in [0.25, 0.3) is 33.7 Å². The van der Waals surface area contributed by atoms with Gasteiger partial charge in [0.25, 0.3) is 0 Å². The minimum absolute atomic E-state index is 0.0522. The molecule has 1 N–H and O–H groups in total. The number of aromatic nitrogens is 5. The molecule has 34 heavy (non-hydrogen) atoms. The Morgan fingerprint density at radius 2 is 2.09 bits per heavy atom. The fourth-order valence-corrected chi connectivity index (χ4v) is 4.35. The Hall–Kier alpha value is -3.07. The third kappa shape index (κ3) is 4.49. The molecule has 5 rings (SSSR count). The Morgan fingerprint density at radius 1 is 1.21 bits per heavy atom. The second kappa shape index (κ2) is 9.66. The Bertz CT molecular complexity index is 1320. The lowest BCUT2D eigenvalue weighted by Crippen LogP contribution is -2.19. The molecule has 1 aromatic carbocycles. The van der Waals surface area contributed by atoms with Gasteiger partial charge in [0.2, 0.25) is 0 Å². The Labute approximate surface area is 202 Å². The number of pyridine rings is 1. The van der Waals surface area contributed by atoms with Gasteiger partial charge in [0.1, 0.15) is 11.4 Å². The molecular formula is C25H26ClN5O3. The molecule has 0 saturated carbocycles. The summed E-state index contributed by atoms with van der Waals surface area (Å²) in [6.45, 7) is 4.50. The molecule has 1 saturated heterocycles. The quantitative estimate of drug-likeness (QED) is 0.406. The van der Waals surface area contributed by atoms with Crippen LogP contribution in [-0.2, 0) is 11.3 Å². The molecule has 1 unspecified atom stereocenters. The number of aliphatic hydroxyl groups excluding tert-OH is 1. The van der Waals surface area contributed by atoms with Gasteiger partial charge in [-0.05, 0) is 63.4 Å². The molecule has 0 aliphatic carbocycles. The Morgan fingerprint density at radius 3 is 2.82 bits per heavy atom. The Balaban J connectivity index is 1.62. The molecular weight excluding hydrogens is 454 g/mol. The van der Waals surface area contributed by atoms with E-state index in [0.717, 1.165) is 48.1 Å². The van der Waals surface area contributed by atoms with Crippen LogP contribution >= 0.6 is 11.6 Å². The maximum absolute atomic E-state index is 9.36. The zero-order chi connectivity index (χ0) is 23.7. The van der Waals surface area contributed by atoms with Gasteiger partial charge in [-0.3, -0.25) is 4.98 Å². The number of ether oxygens (including phenoxy) is 2. The van der Waals surface area contributed by atoms with E-state index in [1.807, 2.05) is 36.7 Å². The standard InChI is InChI=1S/C25H26ClN5O3/c1-15(2)34-17-6-7-22-18(12-17)24(30-31(22)23-5-3-4-10-33-23)25-27-9-8-20(29-25)16-11-19(26)21(14-32)28-13-16/h6-9,11-13,15,23,32H,3-5,10,14H2,1-2H3. The topological polar surface area (TPSA) is 95.2 Å². The molecule has 1 fully saturated rings. The molecule has 4 aromatic rings. The van der Waals surface area contributed by atoms with Crippen molar-refractivity contribution in [2.24, 2.45) is 0 Å². The zero-order valence-electron chi connectivity index (χ0n) is 19.1. The molecule has 176 valence electrons. The van der Waals surface area contributed by atoms with Crippen LogP contribution in [0.5, 0.6) is 5.75 Å². The van der Waals surface area contributed by atoms with E-state index in [1.165, 1.54) is 0 Å². The van der Waals surface area contributed by atoms with Crippen LogP contribution in [0.3, 0.4) is 0 Å². The lowest BCUT2D eigenvalue weighted by atomic mass is 10.1. The number of halogens is 1. The van der Waals surface area contributed by atoms with Gasteiger partial charge in [0.15, 0.2) is 12.1 Å². The molecule has 8 nitrogen and oxygen atoms in total. The average molecular weight is 480 g/mol. The van der Waals surface area contributed by atoms with E-state index in [9.17, 15) is 5.11 Å². The zero-order valence-corrected chi connectivity index (χ0v) is 19.9. The van der Waals surface area contributed by atoms with E-state index in [0.29, 0.717) is 27.9 Å². The number of benzene rings is 1. The summed E-state index contributed by atoms with van der Waals surface area (Å²) in [6.07, 6.45) is 6.33. The van der Waals surface area contributed by atoms with E-state index in [1.54, 1.807) is 24.5 Å². The largest absolute Gasteiger partial charge is 0.491 e. The van der Waals surface area contributed by atoms with Crippen molar-refractivity contribution >= 4 is 22.5 Å². The number of fused-ring (bicyclic) bond motifs is 1. The van der Waals surface area contributed by atoms with Crippen molar-refractivity contribution in [3.8, 4) is 28.5 Å². The summed E-state index contributed by atoms with van der Waals surface area (Å²) in [5.41, 5.74) is 3.43. The normalized spacial score (nSPS) is 16.3. The van der Waals surface area contributed by atoms with Crippen LogP contribution in [-0.4, -0.2) is 42.5 Å². The van der Waals surface area contributed by atoms with Crippen LogP contribution in [0.1, 0.15) is 45.0 Å². The molecule has 4 heterocycles. The van der Waals surface area contributed by atoms with Crippen molar-refractivity contribution in [2.45, 2.75) is 52.0 Å². The van der Waals surface area contributed by atoms with Crippen molar-refractivity contribution < 1.29 is 14.6 Å². The first-order valence-corrected chi connectivity index (χ1v) is 11.8. The first kappa shape index (κ1) is 22.7. The van der Waals surface area contributed by atoms with Gasteiger partial charge in [-0.15, -0.1) is 0 Å². The van der Waals surface area contributed by atoms with Gasteiger partial charge in [0, 0.05) is 30.0 Å². The van der Waals surface area contributed by atoms with E-state index in [-0.39, 0.29) is 18.9 Å². The third-order valence-electron chi connectivity index (χ3n) is 5.71. The van der Waals surface area contributed by atoms with Gasteiger partial charge < -0.3 is 14.6 Å². The average Bonchev–Trinajstić information content (AvgIpc) is 3.23. The van der Waals surface area contributed by atoms with E-state index in [4.69, 9.17) is 31.2 Å². The van der Waals surface area contributed by atoms with E-state index in [2.05, 4.69) is 9.97 Å². The number of nitrogens with zero attached hydrogens (tertiary/aromatic N) is 5. The summed E-state index contributed by atoms with van der Waals surface area (Å²) in [5, 5.41) is 15.6. The lowest BCUT2D eigenvalue weighted by molar-refractivity contribution is -0.0365. The Kier molecular flexibility index (Phi) is 6.45. The second-order valence-electron chi connectivity index (χ2n) is 8.54. The first-order chi connectivity index (χ1) is 16.5. The summed E-state index contributed by atoms with van der Waals surface area (Å²) >= 11 is 6.25. The first-order valence-electron chi connectivity index (χ1n) is 11.4. The van der Waals surface area contributed by atoms with Gasteiger partial charge in [-0.2, -0.15) is 5.10 Å². The van der Waals surface area contributed by atoms with Gasteiger partial charge in [-0.1, -0.05) is 11.6 Å². The maximum atomic E-state index is 9.36. The molecule has 0 spiro atoms. The molecule has 9 heteroatoms.